The van der Waals surface area contributed by atoms with Gasteiger partial charge in [0.1, 0.15) is 12.6 Å². The molecular weight excluding hydrogens is 474 g/mol. The number of para-hydroxylation sites is 1. The van der Waals surface area contributed by atoms with Crippen molar-refractivity contribution in [1.29, 1.82) is 0 Å². The van der Waals surface area contributed by atoms with E-state index in [0.29, 0.717) is 18.7 Å². The molecule has 3 rings (SSSR count). The molecule has 0 saturated heterocycles. The molecule has 1 atom stereocenters. The smallest absolute Gasteiger partial charge is 0.244 e. The molecule has 0 aliphatic carbocycles. The van der Waals surface area contributed by atoms with Gasteiger partial charge in [-0.1, -0.05) is 78.4 Å². The van der Waals surface area contributed by atoms with E-state index in [1.54, 1.807) is 30.3 Å². The number of hydrogen-bond donors (Lipinski definition) is 1. The molecule has 0 radical (unpaired) electrons. The summed E-state index contributed by atoms with van der Waals surface area (Å²) in [6.07, 6.45) is 1.37. The number of sulfonamides is 1. The highest BCUT2D eigenvalue weighted by Crippen LogP contribution is 2.20. The summed E-state index contributed by atoms with van der Waals surface area (Å²) in [6, 6.07) is 24.9. The summed E-state index contributed by atoms with van der Waals surface area (Å²) < 4.78 is 26.4. The summed E-state index contributed by atoms with van der Waals surface area (Å²) in [7, 11) is -3.76. The van der Waals surface area contributed by atoms with Crippen LogP contribution in [0.3, 0.4) is 0 Å². The Balaban J connectivity index is 2.02. The Morgan fingerprint density at radius 1 is 0.889 bits per heavy atom. The average Bonchev–Trinajstić information content (AvgIpc) is 2.85. The highest BCUT2D eigenvalue weighted by Gasteiger charge is 2.32. The van der Waals surface area contributed by atoms with Crippen LogP contribution < -0.4 is 9.62 Å². The zero-order chi connectivity index (χ0) is 26.1. The first-order valence-corrected chi connectivity index (χ1v) is 13.7. The molecule has 1 N–H and O–H groups in total. The number of nitrogens with zero attached hydrogens (tertiary/aromatic N) is 2. The lowest BCUT2D eigenvalue weighted by atomic mass is 10.0. The van der Waals surface area contributed by atoms with Crippen molar-refractivity contribution in [2.24, 2.45) is 0 Å². The zero-order valence-corrected chi connectivity index (χ0v) is 21.7. The topological polar surface area (TPSA) is 86.8 Å². The molecule has 1 unspecified atom stereocenters. The van der Waals surface area contributed by atoms with Crippen LogP contribution in [0.4, 0.5) is 5.69 Å². The number of anilines is 1. The van der Waals surface area contributed by atoms with E-state index in [0.717, 1.165) is 27.3 Å². The van der Waals surface area contributed by atoms with E-state index in [4.69, 9.17) is 0 Å². The highest BCUT2D eigenvalue weighted by molar-refractivity contribution is 7.92. The van der Waals surface area contributed by atoms with Gasteiger partial charge < -0.3 is 10.2 Å². The number of carbonyl (C=O) groups excluding carboxylic acids is 2. The van der Waals surface area contributed by atoms with Gasteiger partial charge in [-0.05, 0) is 37.1 Å². The molecule has 190 valence electrons. The number of benzene rings is 3. The van der Waals surface area contributed by atoms with E-state index in [9.17, 15) is 18.0 Å². The second-order valence-electron chi connectivity index (χ2n) is 8.72. The molecule has 0 spiro atoms. The predicted octanol–water partition coefficient (Wildman–Crippen LogP) is 3.54. The molecule has 7 nitrogen and oxygen atoms in total. The molecule has 2 amide bonds. The van der Waals surface area contributed by atoms with Crippen molar-refractivity contribution in [3.8, 4) is 0 Å². The standard InChI is InChI=1S/C28H33N3O4S/c1-4-29-28(33)26(19-23-13-7-5-8-14-23)30(20-24-15-11-12-22(2)18-24)27(32)21-31(36(3,34)35)25-16-9-6-10-17-25/h5-18,26H,4,19-21H2,1-3H3,(H,29,33). The maximum atomic E-state index is 13.8. The van der Waals surface area contributed by atoms with E-state index in [1.807, 2.05) is 68.4 Å². The molecule has 0 aromatic heterocycles. The Kier molecular flexibility index (Phi) is 9.25. The van der Waals surface area contributed by atoms with Gasteiger partial charge in [-0.2, -0.15) is 0 Å². The van der Waals surface area contributed by atoms with E-state index < -0.39 is 28.5 Å². The van der Waals surface area contributed by atoms with Crippen LogP contribution in [0.2, 0.25) is 0 Å². The van der Waals surface area contributed by atoms with Crippen LogP contribution in [0, 0.1) is 6.92 Å². The Hall–Kier alpha value is -3.65. The maximum absolute atomic E-state index is 13.8. The second-order valence-corrected chi connectivity index (χ2v) is 10.6. The maximum Gasteiger partial charge on any atom is 0.244 e. The minimum atomic E-state index is -3.76. The Morgan fingerprint density at radius 3 is 2.08 bits per heavy atom. The number of nitrogens with one attached hydrogen (secondary N) is 1. The summed E-state index contributed by atoms with van der Waals surface area (Å²) in [5, 5.41) is 2.85. The van der Waals surface area contributed by atoms with Crippen LogP contribution in [0.5, 0.6) is 0 Å². The zero-order valence-electron chi connectivity index (χ0n) is 20.9. The van der Waals surface area contributed by atoms with Crippen molar-refractivity contribution in [3.63, 3.8) is 0 Å². The molecule has 0 bridgehead atoms. The van der Waals surface area contributed by atoms with Crippen molar-refractivity contribution >= 4 is 27.5 Å². The van der Waals surface area contributed by atoms with Crippen LogP contribution in [-0.4, -0.2) is 50.5 Å². The van der Waals surface area contributed by atoms with Gasteiger partial charge in [-0.3, -0.25) is 13.9 Å². The Morgan fingerprint density at radius 2 is 1.50 bits per heavy atom. The molecule has 0 saturated carbocycles. The Labute approximate surface area is 213 Å². The van der Waals surface area contributed by atoms with Crippen LogP contribution in [0.1, 0.15) is 23.6 Å². The van der Waals surface area contributed by atoms with Crippen molar-refractivity contribution < 1.29 is 18.0 Å². The number of rotatable bonds is 11. The molecule has 8 heteroatoms. The molecule has 0 heterocycles. The monoisotopic (exact) mass is 507 g/mol. The second kappa shape index (κ2) is 12.4. The first kappa shape index (κ1) is 26.9. The van der Waals surface area contributed by atoms with E-state index in [2.05, 4.69) is 5.32 Å². The minimum Gasteiger partial charge on any atom is -0.355 e. The number of aryl methyl sites for hydroxylation is 1. The van der Waals surface area contributed by atoms with Crippen molar-refractivity contribution in [2.45, 2.75) is 32.9 Å². The van der Waals surface area contributed by atoms with Gasteiger partial charge in [-0.25, -0.2) is 8.42 Å². The van der Waals surface area contributed by atoms with Gasteiger partial charge in [0, 0.05) is 19.5 Å². The molecule has 36 heavy (non-hydrogen) atoms. The van der Waals surface area contributed by atoms with Gasteiger partial charge >= 0.3 is 0 Å². The average molecular weight is 508 g/mol. The summed E-state index contributed by atoms with van der Waals surface area (Å²) in [4.78, 5) is 28.6. The van der Waals surface area contributed by atoms with Crippen molar-refractivity contribution in [3.05, 3.63) is 102 Å². The third-order valence-corrected chi connectivity index (χ3v) is 6.92. The summed E-state index contributed by atoms with van der Waals surface area (Å²) in [5.74, 6) is -0.744. The van der Waals surface area contributed by atoms with E-state index >= 15 is 0 Å². The van der Waals surface area contributed by atoms with Crippen LogP contribution >= 0.6 is 0 Å². The first-order valence-electron chi connectivity index (χ1n) is 11.9. The van der Waals surface area contributed by atoms with Crippen LogP contribution in [0.25, 0.3) is 0 Å². The fourth-order valence-corrected chi connectivity index (χ4v) is 4.91. The van der Waals surface area contributed by atoms with E-state index in [-0.39, 0.29) is 12.5 Å². The van der Waals surface area contributed by atoms with Crippen LogP contribution in [-0.2, 0) is 32.6 Å². The normalized spacial score (nSPS) is 12.0. The summed E-state index contributed by atoms with van der Waals surface area (Å²) >= 11 is 0. The van der Waals surface area contributed by atoms with Gasteiger partial charge in [0.15, 0.2) is 0 Å². The molecular formula is C28H33N3O4S. The molecule has 0 aliphatic heterocycles. The fourth-order valence-electron chi connectivity index (χ4n) is 4.06. The predicted molar refractivity (Wildman–Crippen MR) is 143 cm³/mol. The molecule has 0 fully saturated rings. The fraction of sp³-hybridized carbons (Fsp3) is 0.286. The Bertz CT molecular complexity index is 1260. The third kappa shape index (κ3) is 7.42. The largest absolute Gasteiger partial charge is 0.355 e. The third-order valence-electron chi connectivity index (χ3n) is 5.78. The van der Waals surface area contributed by atoms with Gasteiger partial charge in [0.25, 0.3) is 0 Å². The van der Waals surface area contributed by atoms with E-state index in [1.165, 1.54) is 4.90 Å². The first-order chi connectivity index (χ1) is 17.2. The lowest BCUT2D eigenvalue weighted by molar-refractivity contribution is -0.140. The number of hydrogen-bond acceptors (Lipinski definition) is 4. The van der Waals surface area contributed by atoms with Crippen molar-refractivity contribution in [2.75, 3.05) is 23.7 Å². The number of carbonyl (C=O) groups is 2. The quantitative estimate of drug-likeness (QED) is 0.430. The molecule has 3 aromatic rings. The summed E-state index contributed by atoms with van der Waals surface area (Å²) in [5.41, 5.74) is 3.18. The SMILES string of the molecule is CCNC(=O)C(Cc1ccccc1)N(Cc1cccc(C)c1)C(=O)CN(c1ccccc1)S(C)(=O)=O. The summed E-state index contributed by atoms with van der Waals surface area (Å²) in [6.45, 7) is 3.95. The van der Waals surface area contributed by atoms with Crippen LogP contribution in [0.15, 0.2) is 84.9 Å². The van der Waals surface area contributed by atoms with Gasteiger partial charge in [0.2, 0.25) is 21.8 Å². The molecule has 3 aromatic carbocycles. The van der Waals surface area contributed by atoms with Gasteiger partial charge in [-0.15, -0.1) is 0 Å². The number of amides is 2. The number of likely N-dealkylation sites (N-methyl/N-ethyl adjacent to an activating group) is 1. The lowest BCUT2D eigenvalue weighted by Crippen LogP contribution is -2.53. The van der Waals surface area contributed by atoms with Crippen molar-refractivity contribution in [1.82, 2.24) is 10.2 Å². The van der Waals surface area contributed by atoms with Gasteiger partial charge in [0.05, 0.1) is 11.9 Å². The molecule has 0 aliphatic rings. The minimum absolute atomic E-state index is 0.168. The lowest BCUT2D eigenvalue weighted by Gasteiger charge is -2.33. The highest BCUT2D eigenvalue weighted by atomic mass is 32.2.